The van der Waals surface area contributed by atoms with Crippen LogP contribution >= 0.6 is 15.9 Å². The highest BCUT2D eigenvalue weighted by Crippen LogP contribution is 2.26. The molecule has 0 amide bonds. The van der Waals surface area contributed by atoms with E-state index in [4.69, 9.17) is 10.5 Å². The predicted octanol–water partition coefficient (Wildman–Crippen LogP) is 2.95. The van der Waals surface area contributed by atoms with Crippen molar-refractivity contribution in [3.05, 3.63) is 28.2 Å². The molecule has 0 radical (unpaired) electrons. The molecule has 3 nitrogen and oxygen atoms in total. The van der Waals surface area contributed by atoms with Crippen LogP contribution in [0.4, 0.5) is 5.69 Å². The van der Waals surface area contributed by atoms with Gasteiger partial charge in [-0.15, -0.1) is 0 Å². The highest BCUT2D eigenvalue weighted by atomic mass is 79.9. The van der Waals surface area contributed by atoms with Gasteiger partial charge in [0.15, 0.2) is 0 Å². The minimum absolute atomic E-state index is 0.177. The second-order valence-corrected chi connectivity index (χ2v) is 6.39. The molecule has 19 heavy (non-hydrogen) atoms. The van der Waals surface area contributed by atoms with E-state index in [1.54, 1.807) is 0 Å². The average Bonchev–Trinajstić information content (AvgIpc) is 2.83. The van der Waals surface area contributed by atoms with Crippen LogP contribution in [0.25, 0.3) is 0 Å². The molecule has 0 aliphatic carbocycles. The summed E-state index contributed by atoms with van der Waals surface area (Å²) >= 11 is 3.55. The highest BCUT2D eigenvalue weighted by Gasteiger charge is 2.19. The van der Waals surface area contributed by atoms with E-state index in [1.807, 2.05) is 6.92 Å². The van der Waals surface area contributed by atoms with E-state index < -0.39 is 0 Å². The number of hydrogen-bond acceptors (Lipinski definition) is 3. The fourth-order valence-electron chi connectivity index (χ4n) is 2.60. The lowest BCUT2D eigenvalue weighted by molar-refractivity contribution is 0.116. The van der Waals surface area contributed by atoms with Crippen LogP contribution in [0.3, 0.4) is 0 Å². The van der Waals surface area contributed by atoms with Gasteiger partial charge in [-0.1, -0.05) is 22.0 Å². The number of hydrogen-bond donors (Lipinski definition) is 1. The molecule has 0 aromatic heterocycles. The molecule has 1 heterocycles. The molecule has 2 unspecified atom stereocenters. The summed E-state index contributed by atoms with van der Waals surface area (Å²) in [5.41, 5.74) is 8.50. The van der Waals surface area contributed by atoms with Gasteiger partial charge in [-0.2, -0.15) is 0 Å². The third kappa shape index (κ3) is 4.20. The van der Waals surface area contributed by atoms with Gasteiger partial charge in [0.1, 0.15) is 0 Å². The van der Waals surface area contributed by atoms with E-state index in [0.717, 1.165) is 24.0 Å². The molecule has 4 heteroatoms. The Morgan fingerprint density at radius 3 is 2.95 bits per heavy atom. The van der Waals surface area contributed by atoms with Crippen LogP contribution in [-0.4, -0.2) is 32.3 Å². The third-order valence-electron chi connectivity index (χ3n) is 3.50. The van der Waals surface area contributed by atoms with Gasteiger partial charge in [0.2, 0.25) is 0 Å². The number of nitrogens with zero attached hydrogens (tertiary/aromatic N) is 1. The predicted molar refractivity (Wildman–Crippen MR) is 83.7 cm³/mol. The van der Waals surface area contributed by atoms with Crippen molar-refractivity contribution >= 4 is 21.6 Å². The van der Waals surface area contributed by atoms with Crippen molar-refractivity contribution in [2.24, 2.45) is 5.73 Å². The lowest BCUT2D eigenvalue weighted by Gasteiger charge is -2.26. The lowest BCUT2D eigenvalue weighted by Crippen LogP contribution is -2.30. The molecule has 0 bridgehead atoms. The summed E-state index contributed by atoms with van der Waals surface area (Å²) in [4.78, 5) is 2.29. The minimum Gasteiger partial charge on any atom is -0.376 e. The number of halogens is 1. The Morgan fingerprint density at radius 2 is 2.32 bits per heavy atom. The van der Waals surface area contributed by atoms with Crippen molar-refractivity contribution in [3.8, 4) is 0 Å². The standard InChI is InChI=1S/C15H23BrN2O/c1-11(17)8-12-5-6-13(16)9-15(12)18(2)10-14-4-3-7-19-14/h5-6,9,11,14H,3-4,7-8,10,17H2,1-2H3. The quantitative estimate of drug-likeness (QED) is 0.904. The summed E-state index contributed by atoms with van der Waals surface area (Å²) in [6.07, 6.45) is 3.62. The molecule has 1 saturated heterocycles. The average molecular weight is 327 g/mol. The van der Waals surface area contributed by atoms with E-state index in [2.05, 4.69) is 46.1 Å². The summed E-state index contributed by atoms with van der Waals surface area (Å²) in [6, 6.07) is 6.60. The maximum absolute atomic E-state index is 5.94. The van der Waals surface area contributed by atoms with E-state index in [9.17, 15) is 0 Å². The molecular formula is C15H23BrN2O. The van der Waals surface area contributed by atoms with Crippen LogP contribution in [0.2, 0.25) is 0 Å². The van der Waals surface area contributed by atoms with Crippen LogP contribution in [0.15, 0.2) is 22.7 Å². The first-order chi connectivity index (χ1) is 9.06. The van der Waals surface area contributed by atoms with Crippen LogP contribution in [-0.2, 0) is 11.2 Å². The molecule has 2 rings (SSSR count). The monoisotopic (exact) mass is 326 g/mol. The Hall–Kier alpha value is -0.580. The normalized spacial score (nSPS) is 20.5. The van der Waals surface area contributed by atoms with Gasteiger partial charge < -0.3 is 15.4 Å². The first-order valence-electron chi connectivity index (χ1n) is 6.93. The smallest absolute Gasteiger partial charge is 0.0750 e. The van der Waals surface area contributed by atoms with Crippen molar-refractivity contribution < 1.29 is 4.74 Å². The molecule has 1 fully saturated rings. The fraction of sp³-hybridized carbons (Fsp3) is 0.600. The van der Waals surface area contributed by atoms with Gasteiger partial charge >= 0.3 is 0 Å². The molecule has 0 spiro atoms. The first-order valence-corrected chi connectivity index (χ1v) is 7.72. The van der Waals surface area contributed by atoms with Gasteiger partial charge in [-0.25, -0.2) is 0 Å². The number of likely N-dealkylation sites (N-methyl/N-ethyl adjacent to an activating group) is 1. The van der Waals surface area contributed by atoms with Crippen molar-refractivity contribution in [3.63, 3.8) is 0 Å². The minimum atomic E-state index is 0.177. The van der Waals surface area contributed by atoms with Crippen LogP contribution in [0.1, 0.15) is 25.3 Å². The molecule has 1 aliphatic rings. The Labute approximate surface area is 124 Å². The summed E-state index contributed by atoms with van der Waals surface area (Å²) in [7, 11) is 2.13. The van der Waals surface area contributed by atoms with Crippen molar-refractivity contribution in [2.75, 3.05) is 25.1 Å². The Bertz CT molecular complexity index is 417. The molecule has 1 aliphatic heterocycles. The van der Waals surface area contributed by atoms with Gasteiger partial charge in [-0.05, 0) is 43.9 Å². The Balaban J connectivity index is 2.13. The van der Waals surface area contributed by atoms with E-state index in [0.29, 0.717) is 6.10 Å². The van der Waals surface area contributed by atoms with Crippen molar-refractivity contribution in [1.82, 2.24) is 0 Å². The van der Waals surface area contributed by atoms with E-state index in [1.165, 1.54) is 24.1 Å². The molecule has 106 valence electrons. The van der Waals surface area contributed by atoms with Gasteiger partial charge in [0.25, 0.3) is 0 Å². The Kier molecular flexibility index (Phi) is 5.25. The Morgan fingerprint density at radius 1 is 1.53 bits per heavy atom. The number of benzene rings is 1. The van der Waals surface area contributed by atoms with Crippen LogP contribution < -0.4 is 10.6 Å². The zero-order valence-electron chi connectivity index (χ0n) is 11.7. The topological polar surface area (TPSA) is 38.5 Å². The van der Waals surface area contributed by atoms with Crippen molar-refractivity contribution in [1.29, 1.82) is 0 Å². The summed E-state index contributed by atoms with van der Waals surface area (Å²) in [6.45, 7) is 3.90. The third-order valence-corrected chi connectivity index (χ3v) is 4.00. The molecular weight excluding hydrogens is 304 g/mol. The summed E-state index contributed by atoms with van der Waals surface area (Å²) in [5.74, 6) is 0. The lowest BCUT2D eigenvalue weighted by atomic mass is 10.0. The van der Waals surface area contributed by atoms with Gasteiger partial charge in [-0.3, -0.25) is 0 Å². The second-order valence-electron chi connectivity index (χ2n) is 5.47. The number of ether oxygens (including phenoxy) is 1. The molecule has 2 atom stereocenters. The largest absolute Gasteiger partial charge is 0.376 e. The van der Waals surface area contributed by atoms with Gasteiger partial charge in [0.05, 0.1) is 6.10 Å². The maximum atomic E-state index is 5.94. The molecule has 2 N–H and O–H groups in total. The van der Waals surface area contributed by atoms with Gasteiger partial charge in [0, 0.05) is 36.4 Å². The van der Waals surface area contributed by atoms with Crippen molar-refractivity contribution in [2.45, 2.75) is 38.3 Å². The summed E-state index contributed by atoms with van der Waals surface area (Å²) in [5, 5.41) is 0. The van der Waals surface area contributed by atoms with E-state index >= 15 is 0 Å². The molecule has 0 saturated carbocycles. The zero-order chi connectivity index (χ0) is 13.8. The first kappa shape index (κ1) is 14.8. The molecule has 1 aromatic carbocycles. The maximum Gasteiger partial charge on any atom is 0.0750 e. The second kappa shape index (κ2) is 6.73. The SMILES string of the molecule is CC(N)Cc1ccc(Br)cc1N(C)CC1CCCO1. The zero-order valence-corrected chi connectivity index (χ0v) is 13.3. The number of nitrogens with two attached hydrogens (primary N) is 1. The van der Waals surface area contributed by atoms with E-state index in [-0.39, 0.29) is 6.04 Å². The molecule has 1 aromatic rings. The summed E-state index contributed by atoms with van der Waals surface area (Å²) < 4.78 is 6.82. The number of rotatable bonds is 5. The highest BCUT2D eigenvalue weighted by molar-refractivity contribution is 9.10. The van der Waals surface area contributed by atoms with Crippen LogP contribution in [0, 0.1) is 0 Å². The number of anilines is 1. The van der Waals surface area contributed by atoms with Crippen LogP contribution in [0.5, 0.6) is 0 Å². The fourth-order valence-corrected chi connectivity index (χ4v) is 2.95.